The molecule has 1 amide bonds. The lowest BCUT2D eigenvalue weighted by Crippen LogP contribution is -2.33. The first-order valence-corrected chi connectivity index (χ1v) is 9.32. The molecule has 8 nitrogen and oxygen atoms in total. The molecule has 2 fully saturated rings. The van der Waals surface area contributed by atoms with E-state index < -0.39 is 0 Å². The van der Waals surface area contributed by atoms with Gasteiger partial charge in [0.15, 0.2) is 11.6 Å². The van der Waals surface area contributed by atoms with Crippen molar-refractivity contribution in [2.24, 2.45) is 7.05 Å². The van der Waals surface area contributed by atoms with Crippen LogP contribution in [0.4, 0.5) is 5.82 Å². The molecule has 2 aromatic rings. The van der Waals surface area contributed by atoms with Crippen LogP contribution < -0.4 is 15.2 Å². The normalized spacial score (nSPS) is 19.5. The van der Waals surface area contributed by atoms with Gasteiger partial charge in [-0.25, -0.2) is 9.67 Å². The van der Waals surface area contributed by atoms with Gasteiger partial charge in [-0.3, -0.25) is 9.59 Å². The van der Waals surface area contributed by atoms with E-state index in [1.54, 1.807) is 11.1 Å². The highest BCUT2D eigenvalue weighted by Crippen LogP contribution is 2.30. The molecule has 0 saturated carbocycles. The Morgan fingerprint density at radius 3 is 2.78 bits per heavy atom. The van der Waals surface area contributed by atoms with Gasteiger partial charge < -0.3 is 14.5 Å². The molecule has 4 heterocycles. The first-order valence-electron chi connectivity index (χ1n) is 9.32. The Bertz CT molecular complexity index is 891. The molecule has 8 heteroatoms. The van der Waals surface area contributed by atoms with Crippen LogP contribution in [0.5, 0.6) is 5.75 Å². The Kier molecular flexibility index (Phi) is 4.79. The molecule has 1 unspecified atom stereocenters. The molecule has 0 aliphatic carbocycles. The van der Waals surface area contributed by atoms with Gasteiger partial charge in [-0.05, 0) is 31.0 Å². The van der Waals surface area contributed by atoms with Crippen LogP contribution in [0.3, 0.4) is 0 Å². The third kappa shape index (κ3) is 3.65. The van der Waals surface area contributed by atoms with Crippen LogP contribution in [-0.4, -0.2) is 57.9 Å². The quantitative estimate of drug-likeness (QED) is 0.802. The number of rotatable bonds is 4. The molecule has 1 atom stereocenters. The molecule has 2 aliphatic heterocycles. The first kappa shape index (κ1) is 17.5. The van der Waals surface area contributed by atoms with Gasteiger partial charge in [0.05, 0.1) is 6.54 Å². The van der Waals surface area contributed by atoms with E-state index in [-0.39, 0.29) is 23.3 Å². The van der Waals surface area contributed by atoms with Gasteiger partial charge >= 0.3 is 0 Å². The van der Waals surface area contributed by atoms with Crippen molar-refractivity contribution in [3.63, 3.8) is 0 Å². The van der Waals surface area contributed by atoms with Crippen LogP contribution in [0.2, 0.25) is 0 Å². The van der Waals surface area contributed by atoms with Gasteiger partial charge in [0.2, 0.25) is 0 Å². The lowest BCUT2D eigenvalue weighted by molar-refractivity contribution is 0.0764. The van der Waals surface area contributed by atoms with E-state index in [0.29, 0.717) is 13.1 Å². The number of hydrogen-bond acceptors (Lipinski definition) is 6. The molecule has 0 N–H and O–H groups in total. The number of pyridine rings is 1. The predicted octanol–water partition coefficient (Wildman–Crippen LogP) is 1.07. The van der Waals surface area contributed by atoms with Gasteiger partial charge in [-0.1, -0.05) is 0 Å². The van der Waals surface area contributed by atoms with Crippen molar-refractivity contribution in [2.75, 3.05) is 31.1 Å². The molecular weight excluding hydrogens is 346 g/mol. The summed E-state index contributed by atoms with van der Waals surface area (Å²) in [5.41, 5.74) is 0.0390. The monoisotopic (exact) mass is 369 g/mol. The highest BCUT2D eigenvalue weighted by atomic mass is 16.5. The van der Waals surface area contributed by atoms with Crippen molar-refractivity contribution < 1.29 is 9.53 Å². The van der Waals surface area contributed by atoms with Gasteiger partial charge in [0, 0.05) is 45.4 Å². The maximum Gasteiger partial charge on any atom is 0.274 e. The average Bonchev–Trinajstić information content (AvgIpc) is 3.36. The molecule has 2 aromatic heterocycles. The largest absolute Gasteiger partial charge is 0.485 e. The fourth-order valence-electron chi connectivity index (χ4n) is 3.61. The number of aromatic nitrogens is 3. The minimum Gasteiger partial charge on any atom is -0.485 e. The number of hydrogen-bond donors (Lipinski definition) is 0. The molecule has 0 radical (unpaired) electrons. The van der Waals surface area contributed by atoms with E-state index in [0.717, 1.165) is 31.1 Å². The second kappa shape index (κ2) is 7.38. The molecule has 0 bridgehead atoms. The van der Waals surface area contributed by atoms with Crippen LogP contribution in [-0.2, 0) is 7.05 Å². The van der Waals surface area contributed by atoms with E-state index in [4.69, 9.17) is 4.74 Å². The Hall–Kier alpha value is -2.90. The summed E-state index contributed by atoms with van der Waals surface area (Å²) < 4.78 is 7.38. The summed E-state index contributed by atoms with van der Waals surface area (Å²) in [6.45, 7) is 3.10. The van der Waals surface area contributed by atoms with Crippen molar-refractivity contribution in [2.45, 2.75) is 25.4 Å². The summed E-state index contributed by atoms with van der Waals surface area (Å²) in [5.74, 6) is 1.49. The molecule has 2 aliphatic rings. The van der Waals surface area contributed by atoms with Gasteiger partial charge in [-0.2, -0.15) is 5.10 Å². The van der Waals surface area contributed by atoms with Gasteiger partial charge in [0.1, 0.15) is 11.8 Å². The summed E-state index contributed by atoms with van der Waals surface area (Å²) in [7, 11) is 1.54. The fraction of sp³-hybridized carbons (Fsp3) is 0.474. The molecule has 2 saturated heterocycles. The van der Waals surface area contributed by atoms with Crippen molar-refractivity contribution >= 4 is 11.7 Å². The van der Waals surface area contributed by atoms with Crippen molar-refractivity contribution in [3.05, 3.63) is 46.5 Å². The number of anilines is 1. The molecule has 27 heavy (non-hydrogen) atoms. The van der Waals surface area contributed by atoms with E-state index in [9.17, 15) is 9.59 Å². The average molecular weight is 369 g/mol. The Balaban J connectivity index is 1.44. The number of ether oxygens (including phenoxy) is 1. The summed E-state index contributed by atoms with van der Waals surface area (Å²) in [4.78, 5) is 32.6. The number of carbonyl (C=O) groups excluding carboxylic acids is 1. The van der Waals surface area contributed by atoms with E-state index in [2.05, 4.69) is 15.0 Å². The summed E-state index contributed by atoms with van der Waals surface area (Å²) in [6.07, 6.45) is 4.82. The third-order valence-corrected chi connectivity index (χ3v) is 5.06. The fourth-order valence-corrected chi connectivity index (χ4v) is 3.61. The SMILES string of the molecule is Cn1nc(C(=O)N2CCC(Oc3cccnc3N3CCCC3)C2)ccc1=O. The lowest BCUT2D eigenvalue weighted by atomic mass is 10.3. The van der Waals surface area contributed by atoms with E-state index in [1.165, 1.54) is 36.7 Å². The summed E-state index contributed by atoms with van der Waals surface area (Å²) >= 11 is 0. The van der Waals surface area contributed by atoms with Crippen molar-refractivity contribution in [3.8, 4) is 5.75 Å². The zero-order chi connectivity index (χ0) is 18.8. The predicted molar refractivity (Wildman–Crippen MR) is 100 cm³/mol. The maximum absolute atomic E-state index is 12.7. The Morgan fingerprint density at radius 2 is 2.00 bits per heavy atom. The molecular formula is C19H23N5O3. The van der Waals surface area contributed by atoms with Crippen LogP contribution in [0.25, 0.3) is 0 Å². The molecule has 142 valence electrons. The molecule has 0 aromatic carbocycles. The van der Waals surface area contributed by atoms with Gasteiger partial charge in [0.25, 0.3) is 11.5 Å². The Morgan fingerprint density at radius 1 is 1.19 bits per heavy atom. The van der Waals surface area contributed by atoms with E-state index >= 15 is 0 Å². The smallest absolute Gasteiger partial charge is 0.274 e. The van der Waals surface area contributed by atoms with Crippen LogP contribution >= 0.6 is 0 Å². The van der Waals surface area contributed by atoms with Crippen LogP contribution in [0.15, 0.2) is 35.3 Å². The minimum atomic E-state index is -0.236. The number of amides is 1. The molecule has 0 spiro atoms. The first-order chi connectivity index (χ1) is 13.1. The summed E-state index contributed by atoms with van der Waals surface area (Å²) in [6, 6.07) is 6.66. The topological polar surface area (TPSA) is 80.6 Å². The highest BCUT2D eigenvalue weighted by molar-refractivity contribution is 5.92. The number of nitrogens with zero attached hydrogens (tertiary/aromatic N) is 5. The van der Waals surface area contributed by atoms with Crippen molar-refractivity contribution in [1.29, 1.82) is 0 Å². The minimum absolute atomic E-state index is 0.0768. The van der Waals surface area contributed by atoms with Gasteiger partial charge in [-0.15, -0.1) is 0 Å². The van der Waals surface area contributed by atoms with E-state index in [1.807, 2.05) is 12.1 Å². The highest BCUT2D eigenvalue weighted by Gasteiger charge is 2.30. The number of likely N-dealkylation sites (tertiary alicyclic amines) is 1. The number of aryl methyl sites for hydroxylation is 1. The lowest BCUT2D eigenvalue weighted by Gasteiger charge is -2.22. The number of carbonyl (C=O) groups is 1. The van der Waals surface area contributed by atoms with Crippen LogP contribution in [0, 0.1) is 0 Å². The zero-order valence-corrected chi connectivity index (χ0v) is 15.4. The second-order valence-electron chi connectivity index (χ2n) is 6.98. The Labute approximate surface area is 157 Å². The summed E-state index contributed by atoms with van der Waals surface area (Å²) in [5, 5.41) is 4.05. The molecule has 4 rings (SSSR count). The standard InChI is InChI=1S/C19H23N5O3/c1-22-17(25)7-6-15(21-22)19(26)24-12-8-14(13-24)27-16-5-4-9-20-18(16)23-10-2-3-11-23/h4-7,9,14H,2-3,8,10-13H2,1H3. The maximum atomic E-state index is 12.7. The third-order valence-electron chi connectivity index (χ3n) is 5.06. The van der Waals surface area contributed by atoms with Crippen molar-refractivity contribution in [1.82, 2.24) is 19.7 Å². The second-order valence-corrected chi connectivity index (χ2v) is 6.98. The van der Waals surface area contributed by atoms with Crippen LogP contribution in [0.1, 0.15) is 29.8 Å². The zero-order valence-electron chi connectivity index (χ0n) is 15.4.